The monoisotopic (exact) mass is 342 g/mol. The van der Waals surface area contributed by atoms with Crippen LogP contribution in [0.15, 0.2) is 12.4 Å². The van der Waals surface area contributed by atoms with Crippen molar-refractivity contribution in [2.75, 3.05) is 30.4 Å². The molecule has 4 rings (SSSR count). The average molecular weight is 342 g/mol. The molecule has 8 heteroatoms. The lowest BCUT2D eigenvalue weighted by molar-refractivity contribution is -0.0100. The predicted octanol–water partition coefficient (Wildman–Crippen LogP) is 1.51. The molecule has 2 aliphatic rings. The average Bonchev–Trinajstić information content (AvgIpc) is 2.91. The maximum Gasteiger partial charge on any atom is 0.219 e. The van der Waals surface area contributed by atoms with Gasteiger partial charge in [-0.25, -0.2) is 19.9 Å². The number of morpholine rings is 1. The fraction of sp³-hybridized carbons (Fsp3) is 0.529. The molecule has 1 saturated heterocycles. The minimum atomic E-state index is -0.452. The van der Waals surface area contributed by atoms with Gasteiger partial charge in [0.25, 0.3) is 0 Å². The largest absolute Gasteiger partial charge is 0.377 e. The number of hydrogen-bond acceptors (Lipinski definition) is 8. The van der Waals surface area contributed by atoms with E-state index in [1.54, 1.807) is 12.4 Å². The van der Waals surface area contributed by atoms with Crippen molar-refractivity contribution in [1.82, 2.24) is 19.9 Å². The fourth-order valence-electron chi connectivity index (χ4n) is 3.29. The van der Waals surface area contributed by atoms with Crippen molar-refractivity contribution in [3.63, 3.8) is 0 Å². The number of aromatic nitrogens is 4. The second kappa shape index (κ2) is 5.89. The van der Waals surface area contributed by atoms with Crippen molar-refractivity contribution in [3.05, 3.63) is 23.7 Å². The molecular weight excluding hydrogens is 320 g/mol. The van der Waals surface area contributed by atoms with Crippen LogP contribution in [0.3, 0.4) is 0 Å². The van der Waals surface area contributed by atoms with Gasteiger partial charge >= 0.3 is 0 Å². The first-order valence-electron chi connectivity index (χ1n) is 8.43. The van der Waals surface area contributed by atoms with Crippen LogP contribution in [0.25, 0.3) is 11.4 Å². The van der Waals surface area contributed by atoms with Gasteiger partial charge in [-0.1, -0.05) is 0 Å². The van der Waals surface area contributed by atoms with Gasteiger partial charge in [-0.3, -0.25) is 0 Å². The van der Waals surface area contributed by atoms with Crippen LogP contribution >= 0.6 is 0 Å². The Kier molecular flexibility index (Phi) is 3.81. The molecule has 0 radical (unpaired) electrons. The quantitative estimate of drug-likeness (QED) is 0.877. The van der Waals surface area contributed by atoms with Gasteiger partial charge < -0.3 is 20.1 Å². The number of nitrogens with zero attached hydrogens (tertiary/aromatic N) is 5. The normalized spacial score (nSPS) is 22.0. The highest BCUT2D eigenvalue weighted by Gasteiger charge is 2.38. The van der Waals surface area contributed by atoms with Crippen molar-refractivity contribution < 1.29 is 9.47 Å². The zero-order chi connectivity index (χ0) is 17.6. The van der Waals surface area contributed by atoms with Gasteiger partial charge in [-0.2, -0.15) is 0 Å². The van der Waals surface area contributed by atoms with Crippen LogP contribution in [0.4, 0.5) is 11.8 Å². The molecule has 8 nitrogen and oxygen atoms in total. The number of fused-ring (bicyclic) bond motifs is 1. The van der Waals surface area contributed by atoms with E-state index >= 15 is 0 Å². The Hall–Kier alpha value is -2.32. The lowest BCUT2D eigenvalue weighted by Crippen LogP contribution is -2.44. The number of nitrogen functional groups attached to an aromatic ring is 1. The van der Waals surface area contributed by atoms with E-state index in [1.165, 1.54) is 0 Å². The first-order valence-corrected chi connectivity index (χ1v) is 8.43. The molecule has 2 aromatic heterocycles. The summed E-state index contributed by atoms with van der Waals surface area (Å²) in [4.78, 5) is 20.0. The molecule has 132 valence electrons. The highest BCUT2D eigenvalue weighted by molar-refractivity contribution is 5.61. The highest BCUT2D eigenvalue weighted by Crippen LogP contribution is 2.40. The van der Waals surface area contributed by atoms with Crippen LogP contribution in [0.5, 0.6) is 0 Å². The van der Waals surface area contributed by atoms with E-state index in [1.807, 2.05) is 13.8 Å². The maximum absolute atomic E-state index is 5.98. The van der Waals surface area contributed by atoms with Crippen LogP contribution in [-0.4, -0.2) is 45.7 Å². The molecule has 0 bridgehead atoms. The summed E-state index contributed by atoms with van der Waals surface area (Å²) in [6, 6.07) is 0.243. The summed E-state index contributed by atoms with van der Waals surface area (Å²) in [7, 11) is 0. The second-order valence-corrected chi connectivity index (χ2v) is 6.94. The molecule has 2 aromatic rings. The van der Waals surface area contributed by atoms with Crippen molar-refractivity contribution in [3.8, 4) is 11.4 Å². The van der Waals surface area contributed by atoms with Crippen molar-refractivity contribution in [2.45, 2.75) is 39.0 Å². The minimum absolute atomic E-state index is 0.232. The maximum atomic E-state index is 5.98. The van der Waals surface area contributed by atoms with Gasteiger partial charge in [-0.05, 0) is 20.8 Å². The van der Waals surface area contributed by atoms with E-state index in [2.05, 4.69) is 21.8 Å². The third-order valence-corrected chi connectivity index (χ3v) is 4.70. The molecule has 0 unspecified atom stereocenters. The molecule has 0 aromatic carbocycles. The van der Waals surface area contributed by atoms with Crippen LogP contribution in [-0.2, 0) is 21.7 Å². The molecule has 25 heavy (non-hydrogen) atoms. The van der Waals surface area contributed by atoms with E-state index in [-0.39, 0.29) is 12.0 Å². The first-order chi connectivity index (χ1) is 12.0. The van der Waals surface area contributed by atoms with E-state index in [0.717, 1.165) is 29.2 Å². The summed E-state index contributed by atoms with van der Waals surface area (Å²) in [5.41, 5.74) is 7.86. The van der Waals surface area contributed by atoms with E-state index < -0.39 is 5.60 Å². The summed E-state index contributed by atoms with van der Waals surface area (Å²) >= 11 is 0. The third kappa shape index (κ3) is 2.81. The van der Waals surface area contributed by atoms with E-state index in [9.17, 15) is 0 Å². The van der Waals surface area contributed by atoms with E-state index in [4.69, 9.17) is 25.2 Å². The Morgan fingerprint density at radius 2 is 2.00 bits per heavy atom. The number of rotatable bonds is 2. The fourth-order valence-corrected chi connectivity index (χ4v) is 3.29. The third-order valence-electron chi connectivity index (χ3n) is 4.70. The van der Waals surface area contributed by atoms with Crippen LogP contribution in [0, 0.1) is 0 Å². The molecule has 2 aliphatic heterocycles. The molecule has 0 saturated carbocycles. The van der Waals surface area contributed by atoms with E-state index in [0.29, 0.717) is 25.6 Å². The lowest BCUT2D eigenvalue weighted by atomic mass is 10.0. The Morgan fingerprint density at radius 3 is 2.72 bits per heavy atom. The molecule has 4 heterocycles. The summed E-state index contributed by atoms with van der Waals surface area (Å²) < 4.78 is 11.5. The topological polar surface area (TPSA) is 99.3 Å². The molecule has 0 amide bonds. The van der Waals surface area contributed by atoms with Crippen molar-refractivity contribution in [2.24, 2.45) is 0 Å². The molecule has 2 N–H and O–H groups in total. The Labute approximate surface area is 146 Å². The van der Waals surface area contributed by atoms with Gasteiger partial charge in [0.2, 0.25) is 5.95 Å². The predicted molar refractivity (Wildman–Crippen MR) is 92.9 cm³/mol. The molecule has 1 fully saturated rings. The van der Waals surface area contributed by atoms with Crippen molar-refractivity contribution >= 4 is 11.8 Å². The Balaban J connectivity index is 1.86. The minimum Gasteiger partial charge on any atom is -0.377 e. The standard InChI is InChI=1S/C17H22N6O2/c1-10-8-24-5-4-23(10)15-12-9-25-17(2,3)13(12)21-14(22-15)11-6-19-16(18)20-7-11/h6-7,10H,4-5,8-9H2,1-3H3,(H2,18,19,20)/t10-/m0/s1. The zero-order valence-electron chi connectivity index (χ0n) is 14.7. The Bertz CT molecular complexity index is 792. The second-order valence-electron chi connectivity index (χ2n) is 6.94. The highest BCUT2D eigenvalue weighted by atomic mass is 16.5. The molecule has 0 aliphatic carbocycles. The summed E-state index contributed by atoms with van der Waals surface area (Å²) in [5.74, 6) is 1.74. The molecule has 0 spiro atoms. The first kappa shape index (κ1) is 16.2. The van der Waals surface area contributed by atoms with Gasteiger partial charge in [0.15, 0.2) is 5.82 Å². The van der Waals surface area contributed by atoms with Gasteiger partial charge in [0.1, 0.15) is 11.4 Å². The smallest absolute Gasteiger partial charge is 0.219 e. The number of hydrogen-bond donors (Lipinski definition) is 1. The lowest BCUT2D eigenvalue weighted by Gasteiger charge is -2.35. The summed E-state index contributed by atoms with van der Waals surface area (Å²) in [5, 5.41) is 0. The number of ether oxygens (including phenoxy) is 2. The Morgan fingerprint density at radius 1 is 1.24 bits per heavy atom. The van der Waals surface area contributed by atoms with Crippen molar-refractivity contribution in [1.29, 1.82) is 0 Å². The number of anilines is 2. The van der Waals surface area contributed by atoms with Crippen LogP contribution in [0.1, 0.15) is 32.0 Å². The summed E-state index contributed by atoms with van der Waals surface area (Å²) in [6.07, 6.45) is 3.30. The van der Waals surface area contributed by atoms with Crippen LogP contribution < -0.4 is 10.6 Å². The zero-order valence-corrected chi connectivity index (χ0v) is 14.7. The van der Waals surface area contributed by atoms with Crippen LogP contribution in [0.2, 0.25) is 0 Å². The number of nitrogens with two attached hydrogens (primary N) is 1. The van der Waals surface area contributed by atoms with Gasteiger partial charge in [0.05, 0.1) is 37.1 Å². The molecule has 1 atom stereocenters. The van der Waals surface area contributed by atoms with Gasteiger partial charge in [-0.15, -0.1) is 0 Å². The van der Waals surface area contributed by atoms with Gasteiger partial charge in [0, 0.05) is 24.5 Å². The molecular formula is C17H22N6O2. The SMILES string of the molecule is C[C@H]1COCCN1c1nc(-c2cnc(N)nc2)nc2c1COC2(C)C. The summed E-state index contributed by atoms with van der Waals surface area (Å²) in [6.45, 7) is 8.88.